The van der Waals surface area contributed by atoms with Crippen molar-refractivity contribution in [2.45, 2.75) is 26.2 Å². The molecule has 0 saturated carbocycles. The molecule has 4 N–H and O–H groups in total. The maximum atomic E-state index is 12.4. The number of hydrogen-bond acceptors (Lipinski definition) is 4. The van der Waals surface area contributed by atoms with Gasteiger partial charge in [0.15, 0.2) is 0 Å². The van der Waals surface area contributed by atoms with Crippen LogP contribution in [-0.2, 0) is 16.0 Å². The molecule has 1 aliphatic heterocycles. The van der Waals surface area contributed by atoms with Gasteiger partial charge < -0.3 is 11.5 Å². The summed E-state index contributed by atoms with van der Waals surface area (Å²) in [7, 11) is 0. The standard InChI is InChI=1S/C14H19N3O2/c1-2-9(8-15)14(19)17-12-5-4-11(16)7-10(12)3-6-13(17)18/h4-5,7,9H,2-3,6,8,15-16H2,1H3. The Morgan fingerprint density at radius 3 is 2.79 bits per heavy atom. The van der Waals surface area contributed by atoms with Gasteiger partial charge in [-0.3, -0.25) is 14.5 Å². The smallest absolute Gasteiger partial charge is 0.238 e. The van der Waals surface area contributed by atoms with Crippen molar-refractivity contribution in [2.24, 2.45) is 11.7 Å². The fraction of sp³-hybridized carbons (Fsp3) is 0.429. The number of imide groups is 1. The first kappa shape index (κ1) is 13.5. The number of fused-ring (bicyclic) bond motifs is 1. The van der Waals surface area contributed by atoms with Gasteiger partial charge >= 0.3 is 0 Å². The summed E-state index contributed by atoms with van der Waals surface area (Å²) in [5.41, 5.74) is 13.6. The normalized spacial score (nSPS) is 16.1. The van der Waals surface area contributed by atoms with Gasteiger partial charge in [0.1, 0.15) is 0 Å². The zero-order chi connectivity index (χ0) is 14.0. The molecular weight excluding hydrogens is 242 g/mol. The third kappa shape index (κ3) is 2.46. The van der Waals surface area contributed by atoms with Crippen molar-refractivity contribution in [3.8, 4) is 0 Å². The summed E-state index contributed by atoms with van der Waals surface area (Å²) in [6.07, 6.45) is 1.59. The first-order valence-electron chi connectivity index (χ1n) is 6.53. The van der Waals surface area contributed by atoms with E-state index in [0.717, 1.165) is 5.56 Å². The maximum Gasteiger partial charge on any atom is 0.238 e. The predicted octanol–water partition coefficient (Wildman–Crippen LogP) is 1.06. The van der Waals surface area contributed by atoms with Crippen LogP contribution in [0.25, 0.3) is 0 Å². The van der Waals surface area contributed by atoms with Gasteiger partial charge in [-0.2, -0.15) is 0 Å². The van der Waals surface area contributed by atoms with Crippen molar-refractivity contribution in [1.29, 1.82) is 0 Å². The fourth-order valence-electron chi connectivity index (χ4n) is 2.38. The first-order chi connectivity index (χ1) is 9.08. The SMILES string of the molecule is CCC(CN)C(=O)N1C(=O)CCc2cc(N)ccc21. The van der Waals surface area contributed by atoms with E-state index < -0.39 is 0 Å². The van der Waals surface area contributed by atoms with Gasteiger partial charge in [-0.1, -0.05) is 6.92 Å². The number of nitrogen functional groups attached to an aromatic ring is 1. The Bertz CT molecular complexity index is 509. The lowest BCUT2D eigenvalue weighted by molar-refractivity contribution is -0.129. The number of carbonyl (C=O) groups is 2. The molecule has 5 heteroatoms. The molecule has 2 rings (SSSR count). The summed E-state index contributed by atoms with van der Waals surface area (Å²) in [4.78, 5) is 25.7. The van der Waals surface area contributed by atoms with Crippen molar-refractivity contribution in [3.05, 3.63) is 23.8 Å². The number of amides is 2. The van der Waals surface area contributed by atoms with E-state index >= 15 is 0 Å². The summed E-state index contributed by atoms with van der Waals surface area (Å²) in [6.45, 7) is 2.15. The minimum absolute atomic E-state index is 0.158. The third-order valence-electron chi connectivity index (χ3n) is 3.55. The second-order valence-corrected chi connectivity index (χ2v) is 4.80. The van der Waals surface area contributed by atoms with Gasteiger partial charge in [0, 0.05) is 18.7 Å². The second kappa shape index (κ2) is 5.40. The predicted molar refractivity (Wildman–Crippen MR) is 74.5 cm³/mol. The second-order valence-electron chi connectivity index (χ2n) is 4.80. The molecule has 19 heavy (non-hydrogen) atoms. The van der Waals surface area contributed by atoms with E-state index in [9.17, 15) is 9.59 Å². The van der Waals surface area contributed by atoms with Crippen LogP contribution in [0.15, 0.2) is 18.2 Å². The number of carbonyl (C=O) groups excluding carboxylic acids is 2. The fourth-order valence-corrected chi connectivity index (χ4v) is 2.38. The van der Waals surface area contributed by atoms with E-state index in [2.05, 4.69) is 0 Å². The highest BCUT2D eigenvalue weighted by Gasteiger charge is 2.32. The molecule has 1 atom stereocenters. The molecule has 1 aromatic carbocycles. The number of anilines is 2. The molecule has 1 heterocycles. The molecule has 0 spiro atoms. The zero-order valence-corrected chi connectivity index (χ0v) is 11.1. The summed E-state index contributed by atoms with van der Waals surface area (Å²) in [6, 6.07) is 5.27. The Morgan fingerprint density at radius 2 is 2.16 bits per heavy atom. The van der Waals surface area contributed by atoms with E-state index in [1.54, 1.807) is 12.1 Å². The molecule has 1 aromatic rings. The summed E-state index contributed by atoms with van der Waals surface area (Å²) < 4.78 is 0. The van der Waals surface area contributed by atoms with Gasteiger partial charge in [0.25, 0.3) is 0 Å². The molecule has 0 bridgehead atoms. The summed E-state index contributed by atoms with van der Waals surface area (Å²) in [5, 5.41) is 0. The summed E-state index contributed by atoms with van der Waals surface area (Å²) >= 11 is 0. The van der Waals surface area contributed by atoms with Crippen LogP contribution in [-0.4, -0.2) is 18.4 Å². The van der Waals surface area contributed by atoms with Gasteiger partial charge in [0.2, 0.25) is 11.8 Å². The minimum Gasteiger partial charge on any atom is -0.399 e. The Labute approximate surface area is 112 Å². The molecule has 1 unspecified atom stereocenters. The Morgan fingerprint density at radius 1 is 1.42 bits per heavy atom. The van der Waals surface area contributed by atoms with Gasteiger partial charge in [-0.25, -0.2) is 0 Å². The van der Waals surface area contributed by atoms with Crippen molar-refractivity contribution in [3.63, 3.8) is 0 Å². The number of aryl methyl sites for hydroxylation is 1. The monoisotopic (exact) mass is 261 g/mol. The summed E-state index contributed by atoms with van der Waals surface area (Å²) in [5.74, 6) is -0.678. The molecule has 0 aliphatic carbocycles. The molecule has 0 aromatic heterocycles. The molecule has 0 radical (unpaired) electrons. The highest BCUT2D eigenvalue weighted by molar-refractivity contribution is 6.17. The minimum atomic E-state index is -0.313. The van der Waals surface area contributed by atoms with E-state index in [0.29, 0.717) is 30.6 Å². The molecular formula is C14H19N3O2. The van der Waals surface area contributed by atoms with Crippen LogP contribution in [0.1, 0.15) is 25.3 Å². The number of nitrogens with two attached hydrogens (primary N) is 2. The Kier molecular flexibility index (Phi) is 3.85. The zero-order valence-electron chi connectivity index (χ0n) is 11.1. The Hall–Kier alpha value is -1.88. The highest BCUT2D eigenvalue weighted by atomic mass is 16.2. The van der Waals surface area contributed by atoms with E-state index in [-0.39, 0.29) is 24.3 Å². The van der Waals surface area contributed by atoms with E-state index in [1.165, 1.54) is 4.90 Å². The number of hydrogen-bond donors (Lipinski definition) is 2. The van der Waals surface area contributed by atoms with Crippen molar-refractivity contribution in [1.82, 2.24) is 0 Å². The largest absolute Gasteiger partial charge is 0.399 e. The van der Waals surface area contributed by atoms with Gasteiger partial charge in [0.05, 0.1) is 11.6 Å². The van der Waals surface area contributed by atoms with Gasteiger partial charge in [-0.15, -0.1) is 0 Å². The van der Waals surface area contributed by atoms with Crippen molar-refractivity contribution in [2.75, 3.05) is 17.2 Å². The maximum absolute atomic E-state index is 12.4. The average molecular weight is 261 g/mol. The molecule has 2 amide bonds. The lowest BCUT2D eigenvalue weighted by Gasteiger charge is -2.30. The number of rotatable bonds is 3. The lowest BCUT2D eigenvalue weighted by atomic mass is 9.97. The quantitative estimate of drug-likeness (QED) is 0.796. The molecule has 102 valence electrons. The highest BCUT2D eigenvalue weighted by Crippen LogP contribution is 2.30. The molecule has 5 nitrogen and oxygen atoms in total. The van der Waals surface area contributed by atoms with Gasteiger partial charge in [-0.05, 0) is 36.6 Å². The number of benzene rings is 1. The van der Waals surface area contributed by atoms with Crippen LogP contribution < -0.4 is 16.4 Å². The average Bonchev–Trinajstić information content (AvgIpc) is 2.40. The van der Waals surface area contributed by atoms with E-state index in [1.807, 2.05) is 13.0 Å². The molecule has 0 saturated heterocycles. The topological polar surface area (TPSA) is 89.4 Å². The first-order valence-corrected chi connectivity index (χ1v) is 6.53. The van der Waals surface area contributed by atoms with Crippen LogP contribution >= 0.6 is 0 Å². The van der Waals surface area contributed by atoms with Crippen LogP contribution in [0.3, 0.4) is 0 Å². The third-order valence-corrected chi connectivity index (χ3v) is 3.55. The van der Waals surface area contributed by atoms with Crippen LogP contribution in [0.4, 0.5) is 11.4 Å². The molecule has 0 fully saturated rings. The lowest BCUT2D eigenvalue weighted by Crippen LogP contribution is -2.45. The van der Waals surface area contributed by atoms with Crippen LogP contribution in [0, 0.1) is 5.92 Å². The molecule has 1 aliphatic rings. The Balaban J connectivity index is 2.40. The van der Waals surface area contributed by atoms with E-state index in [4.69, 9.17) is 11.5 Å². The number of nitrogens with zero attached hydrogens (tertiary/aromatic N) is 1. The van der Waals surface area contributed by atoms with Crippen LogP contribution in [0.2, 0.25) is 0 Å². The van der Waals surface area contributed by atoms with Crippen molar-refractivity contribution >= 4 is 23.2 Å². The van der Waals surface area contributed by atoms with Crippen LogP contribution in [0.5, 0.6) is 0 Å². The van der Waals surface area contributed by atoms with Crippen molar-refractivity contribution < 1.29 is 9.59 Å².